The Morgan fingerprint density at radius 1 is 1.17 bits per heavy atom. The Morgan fingerprint density at radius 3 is 2.58 bits per heavy atom. The van der Waals surface area contributed by atoms with Crippen LogP contribution in [0.1, 0.15) is 11.4 Å². The Hall–Kier alpha value is -3.15. The fraction of sp³-hybridized carbons (Fsp3) is 0.167. The first-order valence-electron chi connectivity index (χ1n) is 7.59. The Morgan fingerprint density at radius 2 is 1.96 bits per heavy atom. The van der Waals surface area contributed by atoms with Gasteiger partial charge >= 0.3 is 0 Å². The Kier molecular flexibility index (Phi) is 4.56. The van der Waals surface area contributed by atoms with Gasteiger partial charge in [-0.1, -0.05) is 18.2 Å². The van der Waals surface area contributed by atoms with Crippen LogP contribution in [0.15, 0.2) is 54.7 Å². The standard InChI is InChI=1S/C18H18N4O2/c1-13-10-14(2)22(21-13)17-9-8-15(11-19-17)20-18(23)12-24-16-6-4-3-5-7-16/h3-11H,12H2,1-2H3,(H,20,23). The molecule has 1 amide bonds. The van der Waals surface area contributed by atoms with Gasteiger partial charge in [-0.3, -0.25) is 4.79 Å². The highest BCUT2D eigenvalue weighted by Gasteiger charge is 2.07. The Labute approximate surface area is 140 Å². The molecule has 0 saturated heterocycles. The van der Waals surface area contributed by atoms with Gasteiger partial charge in [0, 0.05) is 5.69 Å². The van der Waals surface area contributed by atoms with E-state index >= 15 is 0 Å². The zero-order valence-corrected chi connectivity index (χ0v) is 13.6. The first-order valence-corrected chi connectivity index (χ1v) is 7.59. The normalized spacial score (nSPS) is 10.4. The lowest BCUT2D eigenvalue weighted by atomic mass is 10.3. The zero-order chi connectivity index (χ0) is 16.9. The van der Waals surface area contributed by atoms with E-state index in [1.54, 1.807) is 29.1 Å². The summed E-state index contributed by atoms with van der Waals surface area (Å²) in [6.07, 6.45) is 1.60. The van der Waals surface area contributed by atoms with Crippen molar-refractivity contribution in [2.45, 2.75) is 13.8 Å². The largest absolute Gasteiger partial charge is 0.484 e. The van der Waals surface area contributed by atoms with Crippen molar-refractivity contribution < 1.29 is 9.53 Å². The minimum atomic E-state index is -0.237. The lowest BCUT2D eigenvalue weighted by Gasteiger charge is -2.08. The molecule has 0 spiro atoms. The number of aryl methyl sites for hydroxylation is 2. The molecule has 2 heterocycles. The number of ether oxygens (including phenoxy) is 1. The maximum Gasteiger partial charge on any atom is 0.262 e. The summed E-state index contributed by atoms with van der Waals surface area (Å²) in [5, 5.41) is 7.14. The van der Waals surface area contributed by atoms with E-state index in [1.165, 1.54) is 0 Å². The van der Waals surface area contributed by atoms with E-state index < -0.39 is 0 Å². The predicted molar refractivity (Wildman–Crippen MR) is 91.4 cm³/mol. The molecule has 0 aliphatic heterocycles. The summed E-state index contributed by atoms with van der Waals surface area (Å²) in [5.41, 5.74) is 2.56. The van der Waals surface area contributed by atoms with Gasteiger partial charge in [-0.05, 0) is 44.2 Å². The number of carbonyl (C=O) groups is 1. The summed E-state index contributed by atoms with van der Waals surface area (Å²) in [7, 11) is 0. The van der Waals surface area contributed by atoms with E-state index in [9.17, 15) is 4.79 Å². The first kappa shape index (κ1) is 15.7. The molecular weight excluding hydrogens is 304 g/mol. The molecule has 0 aliphatic carbocycles. The highest BCUT2D eigenvalue weighted by molar-refractivity contribution is 5.91. The van der Waals surface area contributed by atoms with E-state index in [0.717, 1.165) is 11.4 Å². The van der Waals surface area contributed by atoms with E-state index in [2.05, 4.69) is 15.4 Å². The average Bonchev–Trinajstić information content (AvgIpc) is 2.93. The van der Waals surface area contributed by atoms with Crippen molar-refractivity contribution in [1.29, 1.82) is 0 Å². The van der Waals surface area contributed by atoms with E-state index in [4.69, 9.17) is 4.74 Å². The smallest absolute Gasteiger partial charge is 0.262 e. The molecule has 1 aromatic carbocycles. The summed E-state index contributed by atoms with van der Waals surface area (Å²) in [6.45, 7) is 3.85. The number of pyridine rings is 1. The van der Waals surface area contributed by atoms with Gasteiger partial charge in [0.15, 0.2) is 12.4 Å². The quantitative estimate of drug-likeness (QED) is 0.784. The van der Waals surface area contributed by atoms with Crippen molar-refractivity contribution in [2.75, 3.05) is 11.9 Å². The fourth-order valence-electron chi connectivity index (χ4n) is 2.31. The van der Waals surface area contributed by atoms with Gasteiger partial charge < -0.3 is 10.1 Å². The molecule has 2 aromatic heterocycles. The molecule has 0 saturated carbocycles. The van der Waals surface area contributed by atoms with Gasteiger partial charge in [-0.15, -0.1) is 0 Å². The van der Waals surface area contributed by atoms with Crippen molar-refractivity contribution in [1.82, 2.24) is 14.8 Å². The fourth-order valence-corrected chi connectivity index (χ4v) is 2.31. The molecule has 0 fully saturated rings. The van der Waals surface area contributed by atoms with Crippen LogP contribution in [0.4, 0.5) is 5.69 Å². The van der Waals surface area contributed by atoms with Crippen LogP contribution < -0.4 is 10.1 Å². The third-order valence-electron chi connectivity index (χ3n) is 3.37. The third kappa shape index (κ3) is 3.78. The summed E-state index contributed by atoms with van der Waals surface area (Å²) in [4.78, 5) is 16.3. The number of benzene rings is 1. The van der Waals surface area contributed by atoms with Gasteiger partial charge in [0.05, 0.1) is 17.6 Å². The maximum absolute atomic E-state index is 11.9. The molecule has 0 atom stereocenters. The van der Waals surface area contributed by atoms with Crippen LogP contribution in [0.3, 0.4) is 0 Å². The van der Waals surface area contributed by atoms with Crippen molar-refractivity contribution in [3.05, 3.63) is 66.1 Å². The molecule has 0 aliphatic rings. The lowest BCUT2D eigenvalue weighted by Crippen LogP contribution is -2.20. The summed E-state index contributed by atoms with van der Waals surface area (Å²) in [6, 6.07) is 14.8. The van der Waals surface area contributed by atoms with Crippen molar-refractivity contribution in [3.8, 4) is 11.6 Å². The second kappa shape index (κ2) is 6.95. The van der Waals surface area contributed by atoms with E-state index in [-0.39, 0.29) is 12.5 Å². The number of carbonyl (C=O) groups excluding carboxylic acids is 1. The highest BCUT2D eigenvalue weighted by atomic mass is 16.5. The van der Waals surface area contributed by atoms with Crippen LogP contribution >= 0.6 is 0 Å². The van der Waals surface area contributed by atoms with Crippen LogP contribution in [0, 0.1) is 13.8 Å². The number of para-hydroxylation sites is 1. The number of nitrogens with zero attached hydrogens (tertiary/aromatic N) is 3. The molecule has 24 heavy (non-hydrogen) atoms. The highest BCUT2D eigenvalue weighted by Crippen LogP contribution is 2.13. The summed E-state index contributed by atoms with van der Waals surface area (Å²) < 4.78 is 7.17. The number of nitrogens with one attached hydrogen (secondary N) is 1. The Bertz CT molecular complexity index is 826. The average molecular weight is 322 g/mol. The van der Waals surface area contributed by atoms with Crippen LogP contribution in [0.25, 0.3) is 5.82 Å². The summed E-state index contributed by atoms with van der Waals surface area (Å²) >= 11 is 0. The number of hydrogen-bond acceptors (Lipinski definition) is 4. The van der Waals surface area contributed by atoms with Gasteiger partial charge in [0.2, 0.25) is 0 Å². The van der Waals surface area contributed by atoms with Crippen molar-refractivity contribution in [2.24, 2.45) is 0 Å². The van der Waals surface area contributed by atoms with Crippen molar-refractivity contribution >= 4 is 11.6 Å². The number of aromatic nitrogens is 3. The second-order valence-electron chi connectivity index (χ2n) is 5.39. The molecule has 0 unspecified atom stereocenters. The molecule has 3 aromatic rings. The molecule has 122 valence electrons. The van der Waals surface area contributed by atoms with Crippen molar-refractivity contribution in [3.63, 3.8) is 0 Å². The number of rotatable bonds is 5. The molecule has 6 nitrogen and oxygen atoms in total. The number of hydrogen-bond donors (Lipinski definition) is 1. The van der Waals surface area contributed by atoms with E-state index in [1.807, 2.05) is 44.2 Å². The summed E-state index contributed by atoms with van der Waals surface area (Å²) in [5.74, 6) is 1.13. The molecule has 1 N–H and O–H groups in total. The first-order chi connectivity index (χ1) is 11.6. The minimum Gasteiger partial charge on any atom is -0.484 e. The van der Waals surface area contributed by atoms with Gasteiger partial charge in [0.25, 0.3) is 5.91 Å². The molecule has 3 rings (SSSR count). The SMILES string of the molecule is Cc1cc(C)n(-c2ccc(NC(=O)COc3ccccc3)cn2)n1. The molecule has 0 bridgehead atoms. The van der Waals surface area contributed by atoms with Crippen LogP contribution in [0.5, 0.6) is 5.75 Å². The topological polar surface area (TPSA) is 69.0 Å². The van der Waals surface area contributed by atoms with E-state index in [0.29, 0.717) is 17.3 Å². The second-order valence-corrected chi connectivity index (χ2v) is 5.39. The molecule has 0 radical (unpaired) electrons. The van der Waals surface area contributed by atoms with Crippen LogP contribution in [-0.2, 0) is 4.79 Å². The van der Waals surface area contributed by atoms with Gasteiger partial charge in [-0.2, -0.15) is 5.10 Å². The monoisotopic (exact) mass is 322 g/mol. The Balaban J connectivity index is 1.60. The third-order valence-corrected chi connectivity index (χ3v) is 3.37. The number of anilines is 1. The minimum absolute atomic E-state index is 0.0524. The molecular formula is C18H18N4O2. The van der Waals surface area contributed by atoms with Gasteiger partial charge in [-0.25, -0.2) is 9.67 Å². The van der Waals surface area contributed by atoms with Crippen LogP contribution in [0.2, 0.25) is 0 Å². The number of amides is 1. The molecule has 6 heteroatoms. The van der Waals surface area contributed by atoms with Gasteiger partial charge in [0.1, 0.15) is 5.75 Å². The predicted octanol–water partition coefficient (Wildman–Crippen LogP) is 2.90. The van der Waals surface area contributed by atoms with Crippen LogP contribution in [-0.4, -0.2) is 27.3 Å². The zero-order valence-electron chi connectivity index (χ0n) is 13.6. The lowest BCUT2D eigenvalue weighted by molar-refractivity contribution is -0.118. The maximum atomic E-state index is 11.9.